The maximum atomic E-state index is 11.6. The van der Waals surface area contributed by atoms with Crippen molar-refractivity contribution < 1.29 is 4.79 Å². The number of thiophene rings is 1. The normalized spacial score (nSPS) is 11.4. The topological polar surface area (TPSA) is 55.1 Å². The summed E-state index contributed by atoms with van der Waals surface area (Å²) in [7, 11) is 0. The molecule has 0 bridgehead atoms. The monoisotopic (exact) mass is 212 g/mol. The highest BCUT2D eigenvalue weighted by Crippen LogP contribution is 2.13. The molecule has 1 rings (SSSR count). The molecule has 0 unspecified atom stereocenters. The molecule has 0 aliphatic carbocycles. The van der Waals surface area contributed by atoms with Gasteiger partial charge in [-0.05, 0) is 36.2 Å². The lowest BCUT2D eigenvalue weighted by Crippen LogP contribution is -2.41. The van der Waals surface area contributed by atoms with E-state index in [0.717, 1.165) is 5.56 Å². The van der Waals surface area contributed by atoms with Gasteiger partial charge < -0.3 is 11.1 Å². The maximum absolute atomic E-state index is 11.6. The molecule has 1 aromatic rings. The van der Waals surface area contributed by atoms with Gasteiger partial charge in [-0.1, -0.05) is 0 Å². The molecule has 0 aromatic carbocycles. The van der Waals surface area contributed by atoms with E-state index in [2.05, 4.69) is 5.32 Å². The van der Waals surface area contributed by atoms with Gasteiger partial charge in [0.2, 0.25) is 5.91 Å². The second-order valence-electron chi connectivity index (χ2n) is 3.90. The van der Waals surface area contributed by atoms with Gasteiger partial charge >= 0.3 is 0 Å². The van der Waals surface area contributed by atoms with E-state index in [1.54, 1.807) is 11.3 Å². The molecule has 0 saturated heterocycles. The summed E-state index contributed by atoms with van der Waals surface area (Å²) in [5, 5.41) is 6.88. The molecule has 0 aliphatic rings. The quantitative estimate of drug-likeness (QED) is 0.791. The van der Waals surface area contributed by atoms with Crippen molar-refractivity contribution in [2.45, 2.75) is 20.4 Å². The zero-order valence-corrected chi connectivity index (χ0v) is 9.36. The molecule has 14 heavy (non-hydrogen) atoms. The van der Waals surface area contributed by atoms with Crippen LogP contribution in [0.2, 0.25) is 0 Å². The summed E-state index contributed by atoms with van der Waals surface area (Å²) in [6.45, 7) is 4.64. The first-order valence-electron chi connectivity index (χ1n) is 4.56. The molecule has 1 heterocycles. The third-order valence-corrected chi connectivity index (χ3v) is 2.89. The average Bonchev–Trinajstić information content (AvgIpc) is 2.66. The van der Waals surface area contributed by atoms with Gasteiger partial charge in [-0.3, -0.25) is 4.79 Å². The highest BCUT2D eigenvalue weighted by Gasteiger charge is 2.25. The van der Waals surface area contributed by atoms with Gasteiger partial charge in [0.05, 0.1) is 5.41 Å². The zero-order valence-electron chi connectivity index (χ0n) is 8.54. The molecule has 1 aromatic heterocycles. The number of rotatable bonds is 4. The van der Waals surface area contributed by atoms with Crippen LogP contribution in [0, 0.1) is 5.41 Å². The van der Waals surface area contributed by atoms with E-state index >= 15 is 0 Å². The summed E-state index contributed by atoms with van der Waals surface area (Å²) < 4.78 is 0. The van der Waals surface area contributed by atoms with Crippen LogP contribution in [-0.2, 0) is 11.3 Å². The van der Waals surface area contributed by atoms with Crippen LogP contribution in [0.3, 0.4) is 0 Å². The van der Waals surface area contributed by atoms with E-state index in [-0.39, 0.29) is 5.91 Å². The van der Waals surface area contributed by atoms with Crippen LogP contribution in [0.1, 0.15) is 19.4 Å². The largest absolute Gasteiger partial charge is 0.351 e. The Balaban J connectivity index is 2.43. The first-order valence-corrected chi connectivity index (χ1v) is 5.50. The number of nitrogens with two attached hydrogens (primary N) is 1. The molecule has 0 fully saturated rings. The number of hydrogen-bond acceptors (Lipinski definition) is 3. The highest BCUT2D eigenvalue weighted by molar-refractivity contribution is 7.07. The van der Waals surface area contributed by atoms with Gasteiger partial charge in [0.25, 0.3) is 0 Å². The first-order chi connectivity index (χ1) is 6.56. The van der Waals surface area contributed by atoms with Crippen LogP contribution in [0.5, 0.6) is 0 Å². The van der Waals surface area contributed by atoms with E-state index < -0.39 is 5.41 Å². The van der Waals surface area contributed by atoms with Crippen molar-refractivity contribution in [3.05, 3.63) is 22.4 Å². The van der Waals surface area contributed by atoms with Gasteiger partial charge in [-0.15, -0.1) is 0 Å². The molecule has 1 amide bonds. The Morgan fingerprint density at radius 3 is 2.86 bits per heavy atom. The van der Waals surface area contributed by atoms with Crippen molar-refractivity contribution in [1.82, 2.24) is 5.32 Å². The number of hydrogen-bond donors (Lipinski definition) is 2. The Bertz CT molecular complexity index is 293. The Hall–Kier alpha value is -0.870. The smallest absolute Gasteiger partial charge is 0.227 e. The molecule has 0 spiro atoms. The lowest BCUT2D eigenvalue weighted by Gasteiger charge is -2.20. The highest BCUT2D eigenvalue weighted by atomic mass is 32.1. The molecule has 0 atom stereocenters. The minimum absolute atomic E-state index is 0.00574. The summed E-state index contributed by atoms with van der Waals surface area (Å²) >= 11 is 1.63. The number of nitrogens with one attached hydrogen (secondary N) is 1. The minimum atomic E-state index is -0.476. The van der Waals surface area contributed by atoms with Gasteiger partial charge in [0, 0.05) is 13.1 Å². The Morgan fingerprint density at radius 2 is 2.36 bits per heavy atom. The van der Waals surface area contributed by atoms with Crippen molar-refractivity contribution in [2.24, 2.45) is 11.1 Å². The van der Waals surface area contributed by atoms with Gasteiger partial charge in [-0.25, -0.2) is 0 Å². The fourth-order valence-corrected chi connectivity index (χ4v) is 1.58. The second kappa shape index (κ2) is 4.57. The fraction of sp³-hybridized carbons (Fsp3) is 0.500. The number of amides is 1. The molecule has 0 saturated carbocycles. The van der Waals surface area contributed by atoms with Gasteiger partial charge in [0.15, 0.2) is 0 Å². The lowest BCUT2D eigenvalue weighted by atomic mass is 9.93. The summed E-state index contributed by atoms with van der Waals surface area (Å²) in [5.41, 5.74) is 6.16. The molecular formula is C10H16N2OS. The molecule has 3 nitrogen and oxygen atoms in total. The molecule has 0 aliphatic heterocycles. The van der Waals surface area contributed by atoms with E-state index in [1.165, 1.54) is 0 Å². The third-order valence-electron chi connectivity index (χ3n) is 2.16. The molecular weight excluding hydrogens is 196 g/mol. The molecule has 78 valence electrons. The fourth-order valence-electron chi connectivity index (χ4n) is 0.908. The Morgan fingerprint density at radius 1 is 1.64 bits per heavy atom. The Kier molecular flexibility index (Phi) is 3.66. The van der Waals surface area contributed by atoms with Crippen molar-refractivity contribution >= 4 is 17.2 Å². The molecule has 3 N–H and O–H groups in total. The van der Waals surface area contributed by atoms with E-state index in [9.17, 15) is 4.79 Å². The third kappa shape index (κ3) is 2.82. The molecule has 4 heteroatoms. The lowest BCUT2D eigenvalue weighted by molar-refractivity contribution is -0.129. The second-order valence-corrected chi connectivity index (χ2v) is 4.68. The summed E-state index contributed by atoms with van der Waals surface area (Å²) in [6.07, 6.45) is 0. The van der Waals surface area contributed by atoms with Crippen molar-refractivity contribution in [3.8, 4) is 0 Å². The predicted molar refractivity (Wildman–Crippen MR) is 59.0 cm³/mol. The summed E-state index contributed by atoms with van der Waals surface area (Å²) in [6, 6.07) is 2.00. The first kappa shape index (κ1) is 11.2. The summed E-state index contributed by atoms with van der Waals surface area (Å²) in [5.74, 6) is 0.00574. The Labute approximate surface area is 88.3 Å². The maximum Gasteiger partial charge on any atom is 0.227 e. The standard InChI is InChI=1S/C10H16N2OS/c1-10(2,7-11)9(13)12-5-8-3-4-14-6-8/h3-4,6H,5,7,11H2,1-2H3,(H,12,13). The van der Waals surface area contributed by atoms with Crippen LogP contribution < -0.4 is 11.1 Å². The SMILES string of the molecule is CC(C)(CN)C(=O)NCc1ccsc1. The van der Waals surface area contributed by atoms with Crippen LogP contribution in [0.25, 0.3) is 0 Å². The number of carbonyl (C=O) groups excluding carboxylic acids is 1. The average molecular weight is 212 g/mol. The van der Waals surface area contributed by atoms with Crippen LogP contribution >= 0.6 is 11.3 Å². The number of carbonyl (C=O) groups is 1. The van der Waals surface area contributed by atoms with Crippen LogP contribution in [-0.4, -0.2) is 12.5 Å². The van der Waals surface area contributed by atoms with E-state index in [1.807, 2.05) is 30.7 Å². The van der Waals surface area contributed by atoms with Crippen LogP contribution in [0.15, 0.2) is 16.8 Å². The summed E-state index contributed by atoms with van der Waals surface area (Å²) in [4.78, 5) is 11.6. The van der Waals surface area contributed by atoms with Gasteiger partial charge in [0.1, 0.15) is 0 Å². The molecule has 0 radical (unpaired) electrons. The zero-order chi connectivity index (χ0) is 10.6. The van der Waals surface area contributed by atoms with Crippen molar-refractivity contribution in [3.63, 3.8) is 0 Å². The minimum Gasteiger partial charge on any atom is -0.351 e. The van der Waals surface area contributed by atoms with E-state index in [0.29, 0.717) is 13.1 Å². The van der Waals surface area contributed by atoms with Crippen molar-refractivity contribution in [2.75, 3.05) is 6.54 Å². The van der Waals surface area contributed by atoms with Crippen molar-refractivity contribution in [1.29, 1.82) is 0 Å². The predicted octanol–water partition coefficient (Wildman–Crippen LogP) is 1.35. The van der Waals surface area contributed by atoms with Gasteiger partial charge in [-0.2, -0.15) is 11.3 Å². The van der Waals surface area contributed by atoms with E-state index in [4.69, 9.17) is 5.73 Å². The van der Waals surface area contributed by atoms with Crippen LogP contribution in [0.4, 0.5) is 0 Å².